The maximum atomic E-state index is 11.0. The Bertz CT molecular complexity index is 626. The Morgan fingerprint density at radius 2 is 1.84 bits per heavy atom. The zero-order valence-electron chi connectivity index (χ0n) is 15.9. The molecular formula is C22H32O3. The summed E-state index contributed by atoms with van der Waals surface area (Å²) in [5.74, 6) is 4.31. The van der Waals surface area contributed by atoms with Crippen molar-refractivity contribution in [1.29, 1.82) is 0 Å². The molecule has 3 nitrogen and oxygen atoms in total. The molecule has 4 aliphatic carbocycles. The van der Waals surface area contributed by atoms with Crippen molar-refractivity contribution in [1.82, 2.24) is 0 Å². The maximum absolute atomic E-state index is 11.0. The molecule has 1 unspecified atom stereocenters. The first-order valence-corrected chi connectivity index (χ1v) is 9.93. The smallest absolute Gasteiger partial charge is 0.171 e. The summed E-state index contributed by atoms with van der Waals surface area (Å²) in [4.78, 5) is 0. The highest BCUT2D eigenvalue weighted by molar-refractivity contribution is 5.30. The van der Waals surface area contributed by atoms with Gasteiger partial charge in [0.1, 0.15) is 5.60 Å². The Balaban J connectivity index is 1.62. The minimum Gasteiger partial charge on any atom is -0.377 e. The lowest BCUT2D eigenvalue weighted by atomic mass is 9.52. The van der Waals surface area contributed by atoms with Crippen LogP contribution in [-0.4, -0.2) is 30.7 Å². The molecule has 2 saturated carbocycles. The predicted octanol–water partition coefficient (Wildman–Crippen LogP) is 4.06. The summed E-state index contributed by atoms with van der Waals surface area (Å²) >= 11 is 0. The number of ether oxygens (including phenoxy) is 2. The molecule has 4 rings (SSSR count). The number of hydrogen-bond donors (Lipinski definition) is 1. The third kappa shape index (κ3) is 2.30. The van der Waals surface area contributed by atoms with E-state index in [0.717, 1.165) is 44.9 Å². The summed E-state index contributed by atoms with van der Waals surface area (Å²) in [7, 11) is 3.54. The molecule has 0 amide bonds. The van der Waals surface area contributed by atoms with E-state index in [1.807, 2.05) is 0 Å². The van der Waals surface area contributed by atoms with E-state index in [1.54, 1.807) is 25.4 Å². The van der Waals surface area contributed by atoms with Crippen molar-refractivity contribution in [3.05, 3.63) is 11.1 Å². The molecule has 5 atom stereocenters. The van der Waals surface area contributed by atoms with Crippen LogP contribution in [0.15, 0.2) is 11.1 Å². The van der Waals surface area contributed by atoms with Crippen molar-refractivity contribution in [2.45, 2.75) is 76.1 Å². The second-order valence-corrected chi connectivity index (χ2v) is 9.04. The molecule has 0 heterocycles. The van der Waals surface area contributed by atoms with Crippen LogP contribution in [0.2, 0.25) is 0 Å². The summed E-state index contributed by atoms with van der Waals surface area (Å²) in [5.41, 5.74) is 2.29. The number of terminal acetylenes is 1. The molecule has 138 valence electrons. The van der Waals surface area contributed by atoms with Gasteiger partial charge in [-0.2, -0.15) is 0 Å². The van der Waals surface area contributed by atoms with Gasteiger partial charge in [0.15, 0.2) is 5.79 Å². The molecule has 0 aromatic heterocycles. The lowest BCUT2D eigenvalue weighted by molar-refractivity contribution is -0.213. The Labute approximate surface area is 152 Å². The van der Waals surface area contributed by atoms with Crippen LogP contribution in [0.4, 0.5) is 0 Å². The number of rotatable bonds is 2. The van der Waals surface area contributed by atoms with Crippen LogP contribution in [0.25, 0.3) is 0 Å². The summed E-state index contributed by atoms with van der Waals surface area (Å²) in [6, 6.07) is 0. The number of fused-ring (bicyclic) bond motifs is 4. The van der Waals surface area contributed by atoms with Crippen molar-refractivity contribution in [2.24, 2.45) is 23.2 Å². The van der Waals surface area contributed by atoms with Gasteiger partial charge in [0.25, 0.3) is 0 Å². The normalized spacial score (nSPS) is 45.3. The highest BCUT2D eigenvalue weighted by Gasteiger charge is 2.61. The van der Waals surface area contributed by atoms with Gasteiger partial charge in [0.05, 0.1) is 0 Å². The molecule has 4 aliphatic rings. The lowest BCUT2D eigenvalue weighted by Gasteiger charge is -2.54. The Hall–Kier alpha value is -0.820. The fraction of sp³-hybridized carbons (Fsp3) is 0.818. The topological polar surface area (TPSA) is 38.7 Å². The minimum atomic E-state index is -0.898. The number of hydrogen-bond acceptors (Lipinski definition) is 3. The van der Waals surface area contributed by atoms with Gasteiger partial charge in [-0.3, -0.25) is 0 Å². The fourth-order valence-corrected chi connectivity index (χ4v) is 6.87. The predicted molar refractivity (Wildman–Crippen MR) is 97.7 cm³/mol. The Kier molecular flexibility index (Phi) is 4.11. The molecular weight excluding hydrogens is 312 g/mol. The first kappa shape index (κ1) is 17.6. The van der Waals surface area contributed by atoms with Crippen LogP contribution in [0.3, 0.4) is 0 Å². The lowest BCUT2D eigenvalue weighted by Crippen LogP contribution is -2.51. The first-order valence-electron chi connectivity index (χ1n) is 9.93. The highest BCUT2D eigenvalue weighted by Crippen LogP contribution is 2.64. The summed E-state index contributed by atoms with van der Waals surface area (Å²) in [6.45, 7) is 2.26. The molecule has 0 aromatic carbocycles. The van der Waals surface area contributed by atoms with Crippen molar-refractivity contribution in [3.63, 3.8) is 0 Å². The Morgan fingerprint density at radius 1 is 1.08 bits per heavy atom. The third-order valence-corrected chi connectivity index (χ3v) is 8.51. The summed E-state index contributed by atoms with van der Waals surface area (Å²) in [5, 5.41) is 11.0. The van der Waals surface area contributed by atoms with E-state index >= 15 is 0 Å². The van der Waals surface area contributed by atoms with Gasteiger partial charge >= 0.3 is 0 Å². The molecule has 3 heteroatoms. The molecule has 2 fully saturated rings. The van der Waals surface area contributed by atoms with Gasteiger partial charge in [-0.05, 0) is 62.7 Å². The van der Waals surface area contributed by atoms with Gasteiger partial charge in [0, 0.05) is 32.5 Å². The van der Waals surface area contributed by atoms with Crippen LogP contribution in [-0.2, 0) is 9.47 Å². The van der Waals surface area contributed by atoms with Gasteiger partial charge in [-0.1, -0.05) is 24.0 Å². The first-order chi connectivity index (χ1) is 11.9. The van der Waals surface area contributed by atoms with E-state index in [-0.39, 0.29) is 5.41 Å². The summed E-state index contributed by atoms with van der Waals surface area (Å²) < 4.78 is 11.5. The van der Waals surface area contributed by atoms with Gasteiger partial charge in [0.2, 0.25) is 0 Å². The number of aliphatic hydroxyl groups is 1. The quantitative estimate of drug-likeness (QED) is 0.466. The van der Waals surface area contributed by atoms with Gasteiger partial charge in [-0.25, -0.2) is 0 Å². The van der Waals surface area contributed by atoms with E-state index in [9.17, 15) is 5.11 Å². The maximum Gasteiger partial charge on any atom is 0.171 e. The summed E-state index contributed by atoms with van der Waals surface area (Å²) in [6.07, 6.45) is 15.2. The second-order valence-electron chi connectivity index (χ2n) is 9.04. The van der Waals surface area contributed by atoms with Crippen LogP contribution < -0.4 is 0 Å². The molecule has 0 aromatic rings. The van der Waals surface area contributed by atoms with E-state index in [0.29, 0.717) is 17.8 Å². The molecule has 25 heavy (non-hydrogen) atoms. The van der Waals surface area contributed by atoms with Gasteiger partial charge in [-0.15, -0.1) is 6.42 Å². The average molecular weight is 344 g/mol. The zero-order chi connectivity index (χ0) is 17.9. The number of methoxy groups -OCH3 is 2. The van der Waals surface area contributed by atoms with Crippen molar-refractivity contribution in [3.8, 4) is 12.3 Å². The SMILES string of the molecule is C#CC1(O)CC[C@H]2[C@@H]3CCC4=C(CCC(OC)(OC)C4)[C@H]3CC[C@@]21C. The van der Waals surface area contributed by atoms with Crippen LogP contribution >= 0.6 is 0 Å². The second kappa shape index (κ2) is 5.84. The monoisotopic (exact) mass is 344 g/mol. The van der Waals surface area contributed by atoms with Crippen LogP contribution in [0.5, 0.6) is 0 Å². The van der Waals surface area contributed by atoms with Crippen molar-refractivity contribution >= 4 is 0 Å². The van der Waals surface area contributed by atoms with E-state index in [4.69, 9.17) is 15.9 Å². The average Bonchev–Trinajstić information content (AvgIpc) is 2.92. The van der Waals surface area contributed by atoms with Crippen molar-refractivity contribution in [2.75, 3.05) is 14.2 Å². The van der Waals surface area contributed by atoms with Crippen LogP contribution in [0.1, 0.15) is 64.7 Å². The molecule has 0 aliphatic heterocycles. The van der Waals surface area contributed by atoms with E-state index < -0.39 is 11.4 Å². The Morgan fingerprint density at radius 3 is 2.52 bits per heavy atom. The molecule has 0 bridgehead atoms. The third-order valence-electron chi connectivity index (χ3n) is 8.51. The standard InChI is InChI=1S/C22H32O3/c1-5-21(23)12-10-19-18-7-6-15-14-22(24-3,25-4)13-9-16(15)17(18)8-11-20(19,21)2/h1,17-19,23H,6-14H2,2-4H3/t17-,18-,19+,20+,21?/m1/s1. The molecule has 0 spiro atoms. The van der Waals surface area contributed by atoms with Crippen LogP contribution in [0, 0.1) is 35.5 Å². The molecule has 0 radical (unpaired) electrons. The van der Waals surface area contributed by atoms with Gasteiger partial charge < -0.3 is 14.6 Å². The van der Waals surface area contributed by atoms with E-state index in [1.165, 1.54) is 12.8 Å². The number of allylic oxidation sites excluding steroid dienone is 1. The highest BCUT2D eigenvalue weighted by atomic mass is 16.7. The molecule has 1 N–H and O–H groups in total. The largest absolute Gasteiger partial charge is 0.377 e. The minimum absolute atomic E-state index is 0.0987. The molecule has 0 saturated heterocycles. The van der Waals surface area contributed by atoms with E-state index in [2.05, 4.69) is 12.8 Å². The fourth-order valence-electron chi connectivity index (χ4n) is 6.87. The van der Waals surface area contributed by atoms with Crippen molar-refractivity contribution < 1.29 is 14.6 Å². The zero-order valence-corrected chi connectivity index (χ0v) is 15.9.